The molecule has 0 aliphatic heterocycles. The largest absolute Gasteiger partial charge is 0.481 e. The molecule has 0 aliphatic rings. The van der Waals surface area contributed by atoms with E-state index in [1.165, 1.54) is 0 Å². The molecule has 0 radical (unpaired) electrons. The van der Waals surface area contributed by atoms with Gasteiger partial charge in [0, 0.05) is 6.42 Å². The zero-order chi connectivity index (χ0) is 12.1. The highest BCUT2D eigenvalue weighted by Gasteiger charge is 2.12. The molecule has 1 aromatic rings. The van der Waals surface area contributed by atoms with Gasteiger partial charge in [0.15, 0.2) is 0 Å². The van der Waals surface area contributed by atoms with Crippen LogP contribution in [0.25, 0.3) is 0 Å². The minimum atomic E-state index is -0.863. The number of carbonyl (C=O) groups is 2. The van der Waals surface area contributed by atoms with Crippen LogP contribution >= 0.6 is 0 Å². The molecular weight excluding hydrogens is 208 g/mol. The van der Waals surface area contributed by atoms with Crippen LogP contribution in [0, 0.1) is 0 Å². The Hall–Kier alpha value is -1.84. The number of hydrogen-bond donors (Lipinski definition) is 2. The van der Waals surface area contributed by atoms with E-state index in [1.807, 2.05) is 0 Å². The van der Waals surface area contributed by atoms with Crippen LogP contribution in [0.1, 0.15) is 30.4 Å². The van der Waals surface area contributed by atoms with Gasteiger partial charge in [0.1, 0.15) is 0 Å². The summed E-state index contributed by atoms with van der Waals surface area (Å²) < 4.78 is 0. The van der Waals surface area contributed by atoms with Gasteiger partial charge in [0.2, 0.25) is 0 Å². The Labute approximate surface area is 93.5 Å². The maximum atomic E-state index is 10.7. The van der Waals surface area contributed by atoms with Gasteiger partial charge in [-0.2, -0.15) is 0 Å². The third-order valence-corrected chi connectivity index (χ3v) is 2.48. The lowest BCUT2D eigenvalue weighted by Crippen LogP contribution is -2.07. The van der Waals surface area contributed by atoms with Gasteiger partial charge in [-0.25, -0.2) is 0 Å². The van der Waals surface area contributed by atoms with Gasteiger partial charge >= 0.3 is 11.9 Å². The minimum Gasteiger partial charge on any atom is -0.481 e. The normalized spacial score (nSPS) is 12.1. The van der Waals surface area contributed by atoms with Crippen LogP contribution in [0.5, 0.6) is 0 Å². The zero-order valence-corrected chi connectivity index (χ0v) is 9.01. The monoisotopic (exact) mass is 222 g/mol. The first-order valence-electron chi connectivity index (χ1n) is 5.04. The highest BCUT2D eigenvalue weighted by Crippen LogP contribution is 2.16. The molecule has 2 N–H and O–H groups in total. The number of hydrogen-bond acceptors (Lipinski definition) is 2. The third-order valence-electron chi connectivity index (χ3n) is 2.48. The van der Waals surface area contributed by atoms with E-state index in [0.29, 0.717) is 6.42 Å². The molecule has 0 aromatic heterocycles. The molecule has 0 spiro atoms. The Balaban J connectivity index is 2.67. The second-order valence-electron chi connectivity index (χ2n) is 3.70. The van der Waals surface area contributed by atoms with E-state index in [9.17, 15) is 9.59 Å². The summed E-state index contributed by atoms with van der Waals surface area (Å²) in [5.74, 6) is -2.23. The van der Waals surface area contributed by atoms with E-state index >= 15 is 0 Å². The molecule has 0 amide bonds. The first kappa shape index (κ1) is 12.2. The van der Waals surface area contributed by atoms with Gasteiger partial charge in [-0.3, -0.25) is 9.59 Å². The van der Waals surface area contributed by atoms with Crippen LogP contribution in [0.3, 0.4) is 0 Å². The molecule has 86 valence electrons. The molecule has 4 nitrogen and oxygen atoms in total. The molecule has 4 heteroatoms. The van der Waals surface area contributed by atoms with Crippen molar-refractivity contribution in [1.29, 1.82) is 0 Å². The van der Waals surface area contributed by atoms with Crippen molar-refractivity contribution in [2.24, 2.45) is 0 Å². The fourth-order valence-electron chi connectivity index (χ4n) is 1.37. The third kappa shape index (κ3) is 3.38. The van der Waals surface area contributed by atoms with E-state index in [1.54, 1.807) is 31.2 Å². The molecule has 0 saturated carbocycles. The van der Waals surface area contributed by atoms with Crippen LogP contribution < -0.4 is 0 Å². The van der Waals surface area contributed by atoms with Crippen LogP contribution in [0.2, 0.25) is 0 Å². The summed E-state index contributed by atoms with van der Waals surface area (Å²) in [4.78, 5) is 21.1. The second kappa shape index (κ2) is 5.30. The quantitative estimate of drug-likeness (QED) is 0.797. The van der Waals surface area contributed by atoms with Crippen molar-refractivity contribution in [3.05, 3.63) is 35.4 Å². The maximum absolute atomic E-state index is 10.7. The molecule has 1 atom stereocenters. The van der Waals surface area contributed by atoms with E-state index in [2.05, 4.69) is 0 Å². The van der Waals surface area contributed by atoms with Gasteiger partial charge in [-0.05, 0) is 24.5 Å². The summed E-state index contributed by atoms with van der Waals surface area (Å²) in [6.07, 6.45) is 0.560. The van der Waals surface area contributed by atoms with Gasteiger partial charge in [0.25, 0.3) is 0 Å². The van der Waals surface area contributed by atoms with Crippen molar-refractivity contribution in [3.8, 4) is 0 Å². The van der Waals surface area contributed by atoms with Crippen molar-refractivity contribution in [1.82, 2.24) is 0 Å². The van der Waals surface area contributed by atoms with Crippen molar-refractivity contribution in [2.75, 3.05) is 0 Å². The molecule has 0 fully saturated rings. The molecule has 0 aliphatic carbocycles. The van der Waals surface area contributed by atoms with Crippen molar-refractivity contribution in [2.45, 2.75) is 25.7 Å². The van der Waals surface area contributed by atoms with E-state index in [-0.39, 0.29) is 6.42 Å². The van der Waals surface area contributed by atoms with E-state index in [4.69, 9.17) is 10.2 Å². The lowest BCUT2D eigenvalue weighted by molar-refractivity contribution is -0.138. The summed E-state index contributed by atoms with van der Waals surface area (Å²) in [6, 6.07) is 7.02. The molecule has 0 bridgehead atoms. The fourth-order valence-corrected chi connectivity index (χ4v) is 1.37. The number of rotatable bonds is 5. The summed E-state index contributed by atoms with van der Waals surface area (Å²) in [5, 5.41) is 17.3. The number of aliphatic carboxylic acids is 2. The summed E-state index contributed by atoms with van der Waals surface area (Å²) in [7, 11) is 0. The topological polar surface area (TPSA) is 74.6 Å². The van der Waals surface area contributed by atoms with Crippen LogP contribution in [0.15, 0.2) is 24.3 Å². The SMILES string of the molecule is CC(C(=O)O)c1ccc(CCC(=O)O)cc1. The standard InChI is InChI=1S/C12H14O4/c1-8(12(15)16)10-5-2-9(3-6-10)4-7-11(13)14/h2-3,5-6,8H,4,7H2,1H3,(H,13,14)(H,15,16). The van der Waals surface area contributed by atoms with Crippen LogP contribution in [-0.2, 0) is 16.0 Å². The van der Waals surface area contributed by atoms with Crippen LogP contribution in [-0.4, -0.2) is 22.2 Å². The number of carboxylic acids is 2. The fraction of sp³-hybridized carbons (Fsp3) is 0.333. The van der Waals surface area contributed by atoms with E-state index in [0.717, 1.165) is 11.1 Å². The maximum Gasteiger partial charge on any atom is 0.310 e. The first-order valence-corrected chi connectivity index (χ1v) is 5.04. The highest BCUT2D eigenvalue weighted by atomic mass is 16.4. The Morgan fingerprint density at radius 2 is 1.75 bits per heavy atom. The molecule has 1 unspecified atom stereocenters. The van der Waals surface area contributed by atoms with Crippen molar-refractivity contribution in [3.63, 3.8) is 0 Å². The van der Waals surface area contributed by atoms with Gasteiger partial charge in [0.05, 0.1) is 5.92 Å². The van der Waals surface area contributed by atoms with E-state index < -0.39 is 17.9 Å². The predicted molar refractivity (Wildman–Crippen MR) is 58.4 cm³/mol. The van der Waals surface area contributed by atoms with Crippen molar-refractivity contribution >= 4 is 11.9 Å². The predicted octanol–water partition coefficient (Wildman–Crippen LogP) is 1.89. The summed E-state index contributed by atoms with van der Waals surface area (Å²) in [5.41, 5.74) is 1.63. The van der Waals surface area contributed by atoms with Gasteiger partial charge < -0.3 is 10.2 Å². The Bertz CT molecular complexity index is 381. The molecule has 1 rings (SSSR count). The Morgan fingerprint density at radius 1 is 1.19 bits per heavy atom. The lowest BCUT2D eigenvalue weighted by atomic mass is 9.99. The molecule has 16 heavy (non-hydrogen) atoms. The van der Waals surface area contributed by atoms with Crippen LogP contribution in [0.4, 0.5) is 0 Å². The molecule has 1 aromatic carbocycles. The first-order chi connectivity index (χ1) is 7.50. The molecule has 0 saturated heterocycles. The van der Waals surface area contributed by atoms with Gasteiger partial charge in [-0.15, -0.1) is 0 Å². The minimum absolute atomic E-state index is 0.0911. The van der Waals surface area contributed by atoms with Gasteiger partial charge in [-0.1, -0.05) is 24.3 Å². The second-order valence-corrected chi connectivity index (χ2v) is 3.70. The lowest BCUT2D eigenvalue weighted by Gasteiger charge is -2.07. The van der Waals surface area contributed by atoms with Crippen molar-refractivity contribution < 1.29 is 19.8 Å². The Morgan fingerprint density at radius 3 is 2.19 bits per heavy atom. The molecule has 0 heterocycles. The Kier molecular flexibility index (Phi) is 4.05. The number of benzene rings is 1. The number of aryl methyl sites for hydroxylation is 1. The smallest absolute Gasteiger partial charge is 0.310 e. The highest BCUT2D eigenvalue weighted by molar-refractivity contribution is 5.75. The number of carboxylic acid groups (broad SMARTS) is 2. The summed E-state index contributed by atoms with van der Waals surface area (Å²) >= 11 is 0. The average molecular weight is 222 g/mol. The zero-order valence-electron chi connectivity index (χ0n) is 9.01. The summed E-state index contributed by atoms with van der Waals surface area (Å²) in [6.45, 7) is 1.62. The average Bonchev–Trinajstić information content (AvgIpc) is 2.26. The molecular formula is C12H14O4.